The van der Waals surface area contributed by atoms with Crippen molar-refractivity contribution in [3.63, 3.8) is 0 Å². The number of sulfonamides is 1. The Morgan fingerprint density at radius 2 is 1.91 bits per heavy atom. The van der Waals surface area contributed by atoms with E-state index in [4.69, 9.17) is 9.47 Å². The molecule has 1 saturated heterocycles. The fourth-order valence-electron chi connectivity index (χ4n) is 3.77. The summed E-state index contributed by atoms with van der Waals surface area (Å²) in [6, 6.07) is 9.86. The number of hydrogen-bond donors (Lipinski definition) is 1. The number of ether oxygens (including phenoxy) is 2. The predicted octanol–water partition coefficient (Wildman–Crippen LogP) is 3.23. The Kier molecular flexibility index (Phi) is 5.72. The van der Waals surface area contributed by atoms with Gasteiger partial charge < -0.3 is 14.8 Å². The normalized spacial score (nSPS) is 18.3. The summed E-state index contributed by atoms with van der Waals surface area (Å²) < 4.78 is 51.1. The Morgan fingerprint density at radius 1 is 1.12 bits per heavy atom. The summed E-state index contributed by atoms with van der Waals surface area (Å²) >= 11 is 1.14. The Hall–Kier alpha value is -3.09. The van der Waals surface area contributed by atoms with Crippen LogP contribution in [0, 0.1) is 5.82 Å². The molecule has 2 aliphatic rings. The van der Waals surface area contributed by atoms with E-state index < -0.39 is 21.7 Å². The second-order valence-corrected chi connectivity index (χ2v) is 10.6. The van der Waals surface area contributed by atoms with Gasteiger partial charge in [-0.2, -0.15) is 4.31 Å². The number of anilines is 1. The lowest BCUT2D eigenvalue weighted by atomic mass is 10.0. The van der Waals surface area contributed by atoms with Gasteiger partial charge in [-0.3, -0.25) is 4.79 Å². The van der Waals surface area contributed by atoms with Crippen molar-refractivity contribution in [1.29, 1.82) is 0 Å². The van der Waals surface area contributed by atoms with Crippen molar-refractivity contribution in [2.75, 3.05) is 25.2 Å². The molecule has 12 heteroatoms. The average Bonchev–Trinajstić information content (AvgIpc) is 3.49. The molecule has 2 aliphatic heterocycles. The van der Waals surface area contributed by atoms with E-state index in [0.717, 1.165) is 29.9 Å². The van der Waals surface area contributed by atoms with Crippen molar-refractivity contribution in [3.8, 4) is 11.5 Å². The van der Waals surface area contributed by atoms with Crippen molar-refractivity contribution in [1.82, 2.24) is 14.5 Å². The van der Waals surface area contributed by atoms with Crippen LogP contribution >= 0.6 is 11.3 Å². The molecular formula is C21H19FN4O5S2. The molecule has 0 aliphatic carbocycles. The van der Waals surface area contributed by atoms with Gasteiger partial charge in [0.2, 0.25) is 21.8 Å². The molecule has 3 heterocycles. The van der Waals surface area contributed by atoms with E-state index >= 15 is 0 Å². The van der Waals surface area contributed by atoms with Gasteiger partial charge in [-0.25, -0.2) is 12.8 Å². The summed E-state index contributed by atoms with van der Waals surface area (Å²) in [5.74, 6) is 0.0766. The van der Waals surface area contributed by atoms with Gasteiger partial charge in [0.15, 0.2) is 11.5 Å². The first-order valence-corrected chi connectivity index (χ1v) is 12.5. The van der Waals surface area contributed by atoms with Crippen molar-refractivity contribution in [2.45, 2.75) is 23.7 Å². The smallest absolute Gasteiger partial charge is 0.286 e. The summed E-state index contributed by atoms with van der Waals surface area (Å²) in [6.07, 6.45) is 1.37. The molecule has 1 atom stereocenters. The highest BCUT2D eigenvalue weighted by molar-refractivity contribution is 7.89. The quantitative estimate of drug-likeness (QED) is 0.585. The maximum absolute atomic E-state index is 13.2. The number of carbonyl (C=O) groups is 1. The van der Waals surface area contributed by atoms with Crippen molar-refractivity contribution < 1.29 is 27.1 Å². The van der Waals surface area contributed by atoms with Crippen LogP contribution in [0.4, 0.5) is 10.1 Å². The van der Waals surface area contributed by atoms with Crippen LogP contribution in [0.2, 0.25) is 0 Å². The fourth-order valence-corrected chi connectivity index (χ4v) is 6.16. The molecule has 1 N–H and O–H groups in total. The minimum atomic E-state index is -3.75. The number of carbonyl (C=O) groups excluding carboxylic acids is 1. The van der Waals surface area contributed by atoms with E-state index in [-0.39, 0.29) is 29.2 Å². The van der Waals surface area contributed by atoms with Crippen LogP contribution < -0.4 is 14.8 Å². The molecular weight excluding hydrogens is 471 g/mol. The number of aromatic nitrogens is 2. The molecule has 0 unspecified atom stereocenters. The summed E-state index contributed by atoms with van der Waals surface area (Å²) in [6.45, 7) is 0.729. The summed E-state index contributed by atoms with van der Waals surface area (Å²) in [7, 11) is -3.75. The molecule has 0 radical (unpaired) electrons. The third kappa shape index (κ3) is 4.41. The van der Waals surface area contributed by atoms with Gasteiger partial charge in [0, 0.05) is 30.8 Å². The average molecular weight is 491 g/mol. The Balaban J connectivity index is 1.28. The Morgan fingerprint density at radius 3 is 2.73 bits per heavy atom. The molecule has 9 nitrogen and oxygen atoms in total. The number of halogens is 1. The zero-order chi connectivity index (χ0) is 23.0. The predicted molar refractivity (Wildman–Crippen MR) is 118 cm³/mol. The number of nitrogens with one attached hydrogen (secondary N) is 1. The lowest BCUT2D eigenvalue weighted by Gasteiger charge is -2.30. The monoisotopic (exact) mass is 490 g/mol. The first-order valence-electron chi connectivity index (χ1n) is 10.2. The second-order valence-electron chi connectivity index (χ2n) is 7.62. The van der Waals surface area contributed by atoms with Gasteiger partial charge in [-0.15, -0.1) is 10.2 Å². The number of amides is 1. The zero-order valence-electron chi connectivity index (χ0n) is 17.2. The van der Waals surface area contributed by atoms with Crippen molar-refractivity contribution in [2.24, 2.45) is 0 Å². The molecule has 3 aromatic rings. The minimum Gasteiger partial charge on any atom is -0.454 e. The van der Waals surface area contributed by atoms with E-state index in [2.05, 4.69) is 15.5 Å². The van der Waals surface area contributed by atoms with E-state index in [1.807, 2.05) is 0 Å². The molecule has 1 fully saturated rings. The highest BCUT2D eigenvalue weighted by Gasteiger charge is 2.33. The second kappa shape index (κ2) is 8.69. The van der Waals surface area contributed by atoms with Gasteiger partial charge in [0.25, 0.3) is 5.91 Å². The number of hydrogen-bond acceptors (Lipinski definition) is 8. The first-order chi connectivity index (χ1) is 15.9. The van der Waals surface area contributed by atoms with Crippen LogP contribution in [0.25, 0.3) is 0 Å². The van der Waals surface area contributed by atoms with E-state index in [9.17, 15) is 17.6 Å². The van der Waals surface area contributed by atoms with Crippen LogP contribution in [-0.4, -0.2) is 48.7 Å². The standard InChI is InChI=1S/C21H19FN4O5S2/c22-14-3-6-16(7-4-14)33(28,29)26-9-1-2-13(11-26)20-24-25-21(32-20)19(27)23-15-5-8-17-18(10-15)31-12-30-17/h3-8,10,13H,1-2,9,11-12H2,(H,23,27)/t13-/m1/s1. The minimum absolute atomic E-state index is 0.0469. The van der Waals surface area contributed by atoms with Crippen molar-refractivity contribution >= 4 is 33.0 Å². The summed E-state index contributed by atoms with van der Waals surface area (Å²) in [4.78, 5) is 12.7. The van der Waals surface area contributed by atoms with Crippen LogP contribution in [-0.2, 0) is 10.0 Å². The number of piperidine rings is 1. The molecule has 33 heavy (non-hydrogen) atoms. The molecule has 2 aromatic carbocycles. The number of benzene rings is 2. The Labute approximate surface area is 193 Å². The van der Waals surface area contributed by atoms with E-state index in [0.29, 0.717) is 35.2 Å². The van der Waals surface area contributed by atoms with E-state index in [1.165, 1.54) is 16.4 Å². The van der Waals surface area contributed by atoms with E-state index in [1.54, 1.807) is 18.2 Å². The highest BCUT2D eigenvalue weighted by atomic mass is 32.2. The third-order valence-corrected chi connectivity index (χ3v) is 8.41. The molecule has 0 bridgehead atoms. The van der Waals surface area contributed by atoms with Gasteiger partial charge in [-0.05, 0) is 49.2 Å². The molecule has 1 aromatic heterocycles. The van der Waals surface area contributed by atoms with Crippen LogP contribution in [0.1, 0.15) is 33.6 Å². The SMILES string of the molecule is O=C(Nc1ccc2c(c1)OCO2)c1nnc([C@@H]2CCCN(S(=O)(=O)c3ccc(F)cc3)C2)s1. The zero-order valence-corrected chi connectivity index (χ0v) is 18.9. The van der Waals surface area contributed by atoms with Gasteiger partial charge in [0.1, 0.15) is 10.8 Å². The van der Waals surface area contributed by atoms with Crippen LogP contribution in [0.3, 0.4) is 0 Å². The fraction of sp³-hybridized carbons (Fsp3) is 0.286. The largest absolute Gasteiger partial charge is 0.454 e. The highest BCUT2D eigenvalue weighted by Crippen LogP contribution is 2.35. The van der Waals surface area contributed by atoms with Crippen molar-refractivity contribution in [3.05, 3.63) is 58.3 Å². The Bertz CT molecular complexity index is 1300. The number of nitrogens with zero attached hydrogens (tertiary/aromatic N) is 3. The molecule has 0 spiro atoms. The van der Waals surface area contributed by atoms with Crippen LogP contribution in [0.5, 0.6) is 11.5 Å². The lowest BCUT2D eigenvalue weighted by Crippen LogP contribution is -2.39. The molecule has 1 amide bonds. The third-order valence-electron chi connectivity index (χ3n) is 5.45. The molecule has 5 rings (SSSR count). The van der Waals surface area contributed by atoms with Gasteiger partial charge in [0.05, 0.1) is 4.90 Å². The van der Waals surface area contributed by atoms with Crippen LogP contribution in [0.15, 0.2) is 47.4 Å². The lowest BCUT2D eigenvalue weighted by molar-refractivity contribution is 0.102. The van der Waals surface area contributed by atoms with Gasteiger partial charge in [-0.1, -0.05) is 11.3 Å². The van der Waals surface area contributed by atoms with Gasteiger partial charge >= 0.3 is 0 Å². The summed E-state index contributed by atoms with van der Waals surface area (Å²) in [5.41, 5.74) is 0.537. The molecule has 172 valence electrons. The maximum Gasteiger partial charge on any atom is 0.286 e. The molecule has 0 saturated carbocycles. The number of rotatable bonds is 5. The maximum atomic E-state index is 13.2. The first kappa shape index (κ1) is 21.7. The topological polar surface area (TPSA) is 111 Å². The summed E-state index contributed by atoms with van der Waals surface area (Å²) in [5, 5.41) is 11.7. The number of fused-ring (bicyclic) bond motifs is 1.